The zero-order chi connectivity index (χ0) is 14.9. The number of nitrogens with zero attached hydrogens (tertiary/aromatic N) is 2. The summed E-state index contributed by atoms with van der Waals surface area (Å²) in [5.74, 6) is 0.250. The van der Waals surface area contributed by atoms with Crippen molar-refractivity contribution in [2.45, 2.75) is 44.2 Å². The van der Waals surface area contributed by atoms with E-state index in [9.17, 15) is 9.90 Å². The standard InChI is InChI=1S/C16H23N3O2/c17-10-14-9-12(4-7-18-14)15(20)19-8-6-16(21)5-2-1-3-13(16)11-19/h4,7,9,13,21H,1-3,5-6,8,10-11,17H2. The number of nitrogens with two attached hydrogens (primary N) is 1. The molecule has 2 fully saturated rings. The molecule has 1 aromatic rings. The lowest BCUT2D eigenvalue weighted by atomic mass is 9.71. The van der Waals surface area contributed by atoms with Gasteiger partial charge in [-0.2, -0.15) is 0 Å². The summed E-state index contributed by atoms with van der Waals surface area (Å²) >= 11 is 0. The molecule has 1 amide bonds. The van der Waals surface area contributed by atoms with Crippen molar-refractivity contribution >= 4 is 5.91 Å². The van der Waals surface area contributed by atoms with E-state index >= 15 is 0 Å². The van der Waals surface area contributed by atoms with Crippen molar-refractivity contribution in [3.63, 3.8) is 0 Å². The smallest absolute Gasteiger partial charge is 0.253 e. The highest BCUT2D eigenvalue weighted by Crippen LogP contribution is 2.39. The molecule has 3 N–H and O–H groups in total. The second-order valence-electron chi connectivity index (χ2n) is 6.29. The SMILES string of the molecule is NCc1cc(C(=O)N2CCC3(O)CCCCC3C2)ccn1. The number of likely N-dealkylation sites (tertiary alicyclic amines) is 1. The van der Waals surface area contributed by atoms with Crippen LogP contribution >= 0.6 is 0 Å². The summed E-state index contributed by atoms with van der Waals surface area (Å²) < 4.78 is 0. The van der Waals surface area contributed by atoms with E-state index in [1.165, 1.54) is 0 Å². The zero-order valence-corrected chi connectivity index (χ0v) is 12.3. The number of hydrogen-bond donors (Lipinski definition) is 2. The lowest BCUT2D eigenvalue weighted by molar-refractivity contribution is -0.0886. The molecule has 5 heteroatoms. The van der Waals surface area contributed by atoms with Crippen molar-refractivity contribution in [3.05, 3.63) is 29.6 Å². The Bertz CT molecular complexity index is 534. The van der Waals surface area contributed by atoms with E-state index in [2.05, 4.69) is 4.98 Å². The molecule has 0 radical (unpaired) electrons. The zero-order valence-electron chi connectivity index (χ0n) is 12.3. The summed E-state index contributed by atoms with van der Waals surface area (Å²) in [5.41, 5.74) is 6.41. The van der Waals surface area contributed by atoms with Crippen LogP contribution < -0.4 is 5.73 Å². The predicted octanol–water partition coefficient (Wildman–Crippen LogP) is 1.31. The number of pyridine rings is 1. The molecule has 2 atom stereocenters. The molecule has 1 aromatic heterocycles. The molecule has 2 heterocycles. The molecule has 3 rings (SSSR count). The summed E-state index contributed by atoms with van der Waals surface area (Å²) in [6.45, 7) is 1.63. The van der Waals surface area contributed by atoms with E-state index < -0.39 is 5.60 Å². The van der Waals surface area contributed by atoms with Crippen molar-refractivity contribution in [1.82, 2.24) is 9.88 Å². The van der Waals surface area contributed by atoms with E-state index in [1.807, 2.05) is 4.90 Å². The normalized spacial score (nSPS) is 29.0. The van der Waals surface area contributed by atoms with Crippen LogP contribution in [0.2, 0.25) is 0 Å². The van der Waals surface area contributed by atoms with Gasteiger partial charge >= 0.3 is 0 Å². The molecule has 21 heavy (non-hydrogen) atoms. The summed E-state index contributed by atoms with van der Waals surface area (Å²) in [6, 6.07) is 3.51. The highest BCUT2D eigenvalue weighted by molar-refractivity contribution is 5.94. The minimum atomic E-state index is -0.546. The highest BCUT2D eigenvalue weighted by atomic mass is 16.3. The minimum absolute atomic E-state index is 0.0275. The molecule has 1 aliphatic carbocycles. The van der Waals surface area contributed by atoms with Crippen LogP contribution in [0.25, 0.3) is 0 Å². The number of aromatic nitrogens is 1. The van der Waals surface area contributed by atoms with Crippen LogP contribution in [-0.2, 0) is 6.54 Å². The Morgan fingerprint density at radius 1 is 1.48 bits per heavy atom. The number of carbonyl (C=O) groups is 1. The molecule has 5 nitrogen and oxygen atoms in total. The molecular formula is C16H23N3O2. The number of fused-ring (bicyclic) bond motifs is 1. The third-order valence-corrected chi connectivity index (χ3v) is 4.99. The third kappa shape index (κ3) is 2.80. The maximum atomic E-state index is 12.6. The van der Waals surface area contributed by atoms with E-state index in [0.29, 0.717) is 31.6 Å². The highest BCUT2D eigenvalue weighted by Gasteiger charge is 2.43. The van der Waals surface area contributed by atoms with Crippen molar-refractivity contribution in [3.8, 4) is 0 Å². The Labute approximate surface area is 125 Å². The molecule has 0 spiro atoms. The lowest BCUT2D eigenvalue weighted by Gasteiger charge is -2.47. The van der Waals surface area contributed by atoms with Crippen LogP contribution in [0, 0.1) is 5.92 Å². The van der Waals surface area contributed by atoms with Crippen LogP contribution in [0.15, 0.2) is 18.3 Å². The van der Waals surface area contributed by atoms with Crippen LogP contribution in [0.1, 0.15) is 48.2 Å². The van der Waals surface area contributed by atoms with Gasteiger partial charge in [-0.1, -0.05) is 12.8 Å². The Morgan fingerprint density at radius 3 is 3.14 bits per heavy atom. The Balaban J connectivity index is 1.74. The van der Waals surface area contributed by atoms with Crippen LogP contribution in [-0.4, -0.2) is 39.6 Å². The van der Waals surface area contributed by atoms with Gasteiger partial charge in [-0.3, -0.25) is 9.78 Å². The van der Waals surface area contributed by atoms with Gasteiger partial charge in [0, 0.05) is 37.3 Å². The number of carbonyl (C=O) groups excluding carboxylic acids is 1. The second-order valence-corrected chi connectivity index (χ2v) is 6.29. The van der Waals surface area contributed by atoms with E-state index in [-0.39, 0.29) is 11.8 Å². The summed E-state index contributed by atoms with van der Waals surface area (Å²) in [6.07, 6.45) is 6.48. The largest absolute Gasteiger partial charge is 0.389 e. The number of hydrogen-bond acceptors (Lipinski definition) is 4. The number of aliphatic hydroxyl groups is 1. The van der Waals surface area contributed by atoms with E-state index in [1.54, 1.807) is 18.3 Å². The van der Waals surface area contributed by atoms with Crippen molar-refractivity contribution < 1.29 is 9.90 Å². The van der Waals surface area contributed by atoms with Gasteiger partial charge in [-0.25, -0.2) is 0 Å². The number of piperidine rings is 1. The molecule has 2 aliphatic rings. The van der Waals surface area contributed by atoms with Gasteiger partial charge in [-0.15, -0.1) is 0 Å². The van der Waals surface area contributed by atoms with Gasteiger partial charge in [0.25, 0.3) is 5.91 Å². The monoisotopic (exact) mass is 289 g/mol. The van der Waals surface area contributed by atoms with Gasteiger partial charge in [0.15, 0.2) is 0 Å². The quantitative estimate of drug-likeness (QED) is 0.860. The molecule has 0 aromatic carbocycles. The fourth-order valence-corrected chi connectivity index (χ4v) is 3.66. The van der Waals surface area contributed by atoms with Crippen molar-refractivity contribution in [2.24, 2.45) is 11.7 Å². The summed E-state index contributed by atoms with van der Waals surface area (Å²) in [4.78, 5) is 18.6. The first-order valence-corrected chi connectivity index (χ1v) is 7.79. The first kappa shape index (κ1) is 14.5. The van der Waals surface area contributed by atoms with E-state index in [0.717, 1.165) is 31.4 Å². The Kier molecular flexibility index (Phi) is 3.95. The summed E-state index contributed by atoms with van der Waals surface area (Å²) in [5, 5.41) is 10.7. The number of amides is 1. The molecular weight excluding hydrogens is 266 g/mol. The number of rotatable bonds is 2. The van der Waals surface area contributed by atoms with Gasteiger partial charge in [0.05, 0.1) is 11.3 Å². The van der Waals surface area contributed by atoms with Gasteiger partial charge in [-0.05, 0) is 31.4 Å². The first-order valence-electron chi connectivity index (χ1n) is 7.79. The Morgan fingerprint density at radius 2 is 2.33 bits per heavy atom. The molecule has 1 saturated carbocycles. The molecule has 1 saturated heterocycles. The van der Waals surface area contributed by atoms with Gasteiger partial charge in [0.2, 0.25) is 0 Å². The van der Waals surface area contributed by atoms with Crippen molar-refractivity contribution in [1.29, 1.82) is 0 Å². The first-order chi connectivity index (χ1) is 10.1. The topological polar surface area (TPSA) is 79.5 Å². The second kappa shape index (κ2) is 5.73. The van der Waals surface area contributed by atoms with Gasteiger partial charge < -0.3 is 15.7 Å². The molecule has 2 unspecified atom stereocenters. The van der Waals surface area contributed by atoms with Crippen LogP contribution in [0.5, 0.6) is 0 Å². The third-order valence-electron chi connectivity index (χ3n) is 4.99. The minimum Gasteiger partial charge on any atom is -0.389 e. The lowest BCUT2D eigenvalue weighted by Crippen LogP contribution is -2.54. The average Bonchev–Trinajstić information content (AvgIpc) is 2.53. The van der Waals surface area contributed by atoms with Crippen molar-refractivity contribution in [2.75, 3.05) is 13.1 Å². The average molecular weight is 289 g/mol. The van der Waals surface area contributed by atoms with Crippen LogP contribution in [0.3, 0.4) is 0 Å². The molecule has 1 aliphatic heterocycles. The fraction of sp³-hybridized carbons (Fsp3) is 0.625. The molecule has 0 bridgehead atoms. The van der Waals surface area contributed by atoms with Gasteiger partial charge in [0.1, 0.15) is 0 Å². The maximum Gasteiger partial charge on any atom is 0.253 e. The Hall–Kier alpha value is -1.46. The summed E-state index contributed by atoms with van der Waals surface area (Å²) in [7, 11) is 0. The predicted molar refractivity (Wildman–Crippen MR) is 79.6 cm³/mol. The fourth-order valence-electron chi connectivity index (χ4n) is 3.66. The van der Waals surface area contributed by atoms with E-state index in [4.69, 9.17) is 5.73 Å². The maximum absolute atomic E-state index is 12.6. The molecule has 114 valence electrons. The van der Waals surface area contributed by atoms with Crippen LogP contribution in [0.4, 0.5) is 0 Å².